The lowest BCUT2D eigenvalue weighted by atomic mass is 9.96. The van der Waals surface area contributed by atoms with Crippen LogP contribution >= 0.6 is 11.8 Å². The van der Waals surface area contributed by atoms with E-state index >= 15 is 0 Å². The summed E-state index contributed by atoms with van der Waals surface area (Å²) in [5.41, 5.74) is 1.90. The van der Waals surface area contributed by atoms with Crippen molar-refractivity contribution in [1.82, 2.24) is 24.7 Å². The molecule has 35 heavy (non-hydrogen) atoms. The minimum absolute atomic E-state index is 0.411. The number of benzene rings is 1. The van der Waals surface area contributed by atoms with Gasteiger partial charge in [0.05, 0.1) is 12.8 Å². The highest BCUT2D eigenvalue weighted by Crippen LogP contribution is 2.29. The SMILES string of the molecule is COc1ccc(-c2cc(SC)n(-c3nc(NC4CCCCC4)nc(NC4CCCCC4)n3)n2)cc1. The van der Waals surface area contributed by atoms with E-state index < -0.39 is 0 Å². The molecule has 9 heteroatoms. The molecule has 0 radical (unpaired) electrons. The van der Waals surface area contributed by atoms with Crippen LogP contribution in [0.4, 0.5) is 11.9 Å². The molecule has 5 rings (SSSR count). The zero-order chi connectivity index (χ0) is 24.0. The largest absolute Gasteiger partial charge is 0.497 e. The van der Waals surface area contributed by atoms with E-state index in [2.05, 4.69) is 23.0 Å². The summed E-state index contributed by atoms with van der Waals surface area (Å²) in [7, 11) is 1.67. The van der Waals surface area contributed by atoms with Gasteiger partial charge in [-0.05, 0) is 62.3 Å². The minimum atomic E-state index is 0.411. The highest BCUT2D eigenvalue weighted by atomic mass is 32.2. The van der Waals surface area contributed by atoms with Crippen LogP contribution in [-0.4, -0.2) is 50.2 Å². The normalized spacial score (nSPS) is 17.3. The highest BCUT2D eigenvalue weighted by molar-refractivity contribution is 7.98. The summed E-state index contributed by atoms with van der Waals surface area (Å²) >= 11 is 1.63. The topological polar surface area (TPSA) is 89.8 Å². The number of methoxy groups -OCH3 is 1. The van der Waals surface area contributed by atoms with E-state index in [4.69, 9.17) is 24.8 Å². The second kappa shape index (κ2) is 11.3. The minimum Gasteiger partial charge on any atom is -0.497 e. The fraction of sp³-hybridized carbons (Fsp3) is 0.538. The molecule has 3 aromatic rings. The van der Waals surface area contributed by atoms with E-state index in [-0.39, 0.29) is 0 Å². The van der Waals surface area contributed by atoms with Gasteiger partial charge < -0.3 is 15.4 Å². The van der Waals surface area contributed by atoms with Gasteiger partial charge in [0, 0.05) is 17.6 Å². The summed E-state index contributed by atoms with van der Waals surface area (Å²) in [6.07, 6.45) is 14.3. The quantitative estimate of drug-likeness (QED) is 0.372. The van der Waals surface area contributed by atoms with E-state index in [0.29, 0.717) is 29.9 Å². The molecular formula is C26H35N7OS. The molecule has 2 heterocycles. The molecule has 0 saturated heterocycles. The predicted octanol–water partition coefficient (Wildman–Crippen LogP) is 5.94. The zero-order valence-electron chi connectivity index (χ0n) is 20.7. The third kappa shape index (κ3) is 5.89. The molecule has 2 fully saturated rings. The average Bonchev–Trinajstić information content (AvgIpc) is 3.34. The van der Waals surface area contributed by atoms with E-state index in [0.717, 1.165) is 47.7 Å². The van der Waals surface area contributed by atoms with Crippen molar-refractivity contribution in [3.63, 3.8) is 0 Å². The van der Waals surface area contributed by atoms with Crippen molar-refractivity contribution in [3.8, 4) is 23.0 Å². The molecule has 0 amide bonds. The smallest absolute Gasteiger partial charge is 0.258 e. The maximum Gasteiger partial charge on any atom is 0.258 e. The first-order valence-corrected chi connectivity index (χ1v) is 14.0. The van der Waals surface area contributed by atoms with Crippen LogP contribution in [0.15, 0.2) is 35.4 Å². The van der Waals surface area contributed by atoms with Crippen LogP contribution in [0.5, 0.6) is 5.75 Å². The summed E-state index contributed by atoms with van der Waals surface area (Å²) in [5.74, 6) is 2.64. The lowest BCUT2D eigenvalue weighted by molar-refractivity contribution is 0.415. The van der Waals surface area contributed by atoms with Gasteiger partial charge in [-0.15, -0.1) is 11.8 Å². The second-order valence-electron chi connectivity index (χ2n) is 9.45. The molecule has 8 nitrogen and oxygen atoms in total. The number of hydrogen-bond donors (Lipinski definition) is 2. The Bertz CT molecular complexity index is 1070. The Balaban J connectivity index is 1.48. The summed E-state index contributed by atoms with van der Waals surface area (Å²) in [4.78, 5) is 14.4. The van der Waals surface area contributed by atoms with Gasteiger partial charge in [0.15, 0.2) is 0 Å². The Labute approximate surface area is 211 Å². The van der Waals surface area contributed by atoms with Crippen molar-refractivity contribution in [3.05, 3.63) is 30.3 Å². The summed E-state index contributed by atoms with van der Waals surface area (Å²) < 4.78 is 7.14. The van der Waals surface area contributed by atoms with E-state index in [9.17, 15) is 0 Å². The number of thioether (sulfide) groups is 1. The molecule has 0 atom stereocenters. The third-order valence-corrected chi connectivity index (χ3v) is 7.67. The van der Waals surface area contributed by atoms with Crippen molar-refractivity contribution in [2.24, 2.45) is 0 Å². The van der Waals surface area contributed by atoms with Gasteiger partial charge in [-0.3, -0.25) is 0 Å². The van der Waals surface area contributed by atoms with Crippen LogP contribution in [0.1, 0.15) is 64.2 Å². The molecule has 2 aliphatic carbocycles. The van der Waals surface area contributed by atoms with Gasteiger partial charge in [-0.2, -0.15) is 24.7 Å². The fourth-order valence-corrected chi connectivity index (χ4v) is 5.53. The van der Waals surface area contributed by atoms with Crippen LogP contribution in [-0.2, 0) is 0 Å². The van der Waals surface area contributed by atoms with Gasteiger partial charge in [0.2, 0.25) is 11.9 Å². The van der Waals surface area contributed by atoms with Crippen molar-refractivity contribution in [1.29, 1.82) is 0 Å². The van der Waals surface area contributed by atoms with Gasteiger partial charge in [-0.25, -0.2) is 0 Å². The first kappa shape index (κ1) is 23.9. The van der Waals surface area contributed by atoms with Gasteiger partial charge in [0.25, 0.3) is 5.95 Å². The van der Waals surface area contributed by atoms with Crippen molar-refractivity contribution < 1.29 is 4.74 Å². The molecular weight excluding hydrogens is 458 g/mol. The van der Waals surface area contributed by atoms with E-state index in [1.165, 1.54) is 38.5 Å². The first-order valence-electron chi connectivity index (χ1n) is 12.8. The van der Waals surface area contributed by atoms with Crippen molar-refractivity contribution >= 4 is 23.7 Å². The number of hydrogen-bond acceptors (Lipinski definition) is 8. The molecule has 0 unspecified atom stereocenters. The van der Waals surface area contributed by atoms with E-state index in [1.807, 2.05) is 28.9 Å². The summed E-state index contributed by atoms with van der Waals surface area (Å²) in [6.45, 7) is 0. The predicted molar refractivity (Wildman–Crippen MR) is 142 cm³/mol. The van der Waals surface area contributed by atoms with Crippen molar-refractivity contribution in [2.75, 3.05) is 24.0 Å². The first-order chi connectivity index (χ1) is 17.2. The number of ether oxygens (including phenoxy) is 1. The molecule has 2 aliphatic rings. The number of rotatable bonds is 8. The van der Waals surface area contributed by atoms with E-state index in [1.54, 1.807) is 18.9 Å². The molecule has 1 aromatic carbocycles. The average molecular weight is 494 g/mol. The number of nitrogens with one attached hydrogen (secondary N) is 2. The highest BCUT2D eigenvalue weighted by Gasteiger charge is 2.20. The molecule has 0 aliphatic heterocycles. The zero-order valence-corrected chi connectivity index (χ0v) is 21.5. The number of nitrogens with zero attached hydrogens (tertiary/aromatic N) is 5. The van der Waals surface area contributed by atoms with Crippen LogP contribution in [0.3, 0.4) is 0 Å². The van der Waals surface area contributed by atoms with Crippen LogP contribution in [0.2, 0.25) is 0 Å². The second-order valence-corrected chi connectivity index (χ2v) is 10.3. The lowest BCUT2D eigenvalue weighted by Crippen LogP contribution is -2.27. The number of aromatic nitrogens is 5. The monoisotopic (exact) mass is 493 g/mol. The fourth-order valence-electron chi connectivity index (χ4n) is 5.00. The summed E-state index contributed by atoms with van der Waals surface area (Å²) in [5, 5.41) is 13.1. The Morgan fingerprint density at radius 3 is 1.91 bits per heavy atom. The maximum atomic E-state index is 5.30. The Hall–Kier alpha value is -2.81. The standard InChI is InChI=1S/C26H35N7OS/c1-34-21-15-13-18(14-16-21)22-17-23(35-2)33(32-22)26-30-24(27-19-9-5-3-6-10-19)29-25(31-26)28-20-11-7-4-8-12-20/h13-17,19-20H,3-12H2,1-2H3,(H2,27,28,29,30,31). The Morgan fingerprint density at radius 1 is 0.829 bits per heavy atom. The third-order valence-electron chi connectivity index (χ3n) is 6.96. The van der Waals surface area contributed by atoms with Gasteiger partial charge in [0.1, 0.15) is 10.8 Å². The van der Waals surface area contributed by atoms with Gasteiger partial charge in [-0.1, -0.05) is 38.5 Å². The lowest BCUT2D eigenvalue weighted by Gasteiger charge is -2.25. The molecule has 2 aromatic heterocycles. The molecule has 2 N–H and O–H groups in total. The summed E-state index contributed by atoms with van der Waals surface area (Å²) in [6, 6.07) is 10.9. The Kier molecular flexibility index (Phi) is 7.71. The maximum absolute atomic E-state index is 5.30. The molecule has 0 spiro atoms. The molecule has 0 bridgehead atoms. The van der Waals surface area contributed by atoms with Crippen molar-refractivity contribution in [2.45, 2.75) is 81.3 Å². The molecule has 186 valence electrons. The molecule has 2 saturated carbocycles. The van der Waals surface area contributed by atoms with Crippen LogP contribution in [0, 0.1) is 0 Å². The number of anilines is 2. The van der Waals surface area contributed by atoms with Crippen LogP contribution < -0.4 is 15.4 Å². The van der Waals surface area contributed by atoms with Crippen LogP contribution in [0.25, 0.3) is 17.2 Å². The van der Waals surface area contributed by atoms with Gasteiger partial charge >= 0.3 is 0 Å². The Morgan fingerprint density at radius 2 is 1.40 bits per heavy atom.